The van der Waals surface area contributed by atoms with Crippen LogP contribution in [0.4, 0.5) is 0 Å². The van der Waals surface area contributed by atoms with E-state index in [1.165, 1.54) is 6.92 Å². The predicted molar refractivity (Wildman–Crippen MR) is 135 cm³/mol. The van der Waals surface area contributed by atoms with Gasteiger partial charge in [-0.15, -0.1) is 0 Å². The summed E-state index contributed by atoms with van der Waals surface area (Å²) >= 11 is 0. The molecule has 10 atom stereocenters. The second-order valence-corrected chi connectivity index (χ2v) is 13.5. The molecule has 204 valence electrons. The average Bonchev–Trinajstić information content (AvgIpc) is 3.04. The Morgan fingerprint density at radius 1 is 1.22 bits per heavy atom. The number of fused-ring (bicyclic) bond motifs is 5. The van der Waals surface area contributed by atoms with Crippen molar-refractivity contribution in [1.82, 2.24) is 0 Å². The molecule has 0 amide bonds. The molecule has 4 rings (SSSR count). The lowest BCUT2D eigenvalue weighted by Gasteiger charge is -2.60. The number of ether oxygens (including phenoxy) is 1. The second kappa shape index (κ2) is 9.18. The Morgan fingerprint density at radius 2 is 1.89 bits per heavy atom. The first kappa shape index (κ1) is 27.7. The number of rotatable bonds is 6. The van der Waals surface area contributed by atoms with Gasteiger partial charge >= 0.3 is 5.97 Å². The van der Waals surface area contributed by atoms with Gasteiger partial charge in [-0.05, 0) is 100 Å². The van der Waals surface area contributed by atoms with Crippen LogP contribution in [0.2, 0.25) is 0 Å². The molecular weight excluding hydrogens is 460 g/mol. The first-order chi connectivity index (χ1) is 16.5. The zero-order valence-electron chi connectivity index (χ0n) is 22.8. The number of carbonyl (C=O) groups excluding carboxylic acids is 2. The molecule has 0 saturated heterocycles. The Labute approximate surface area is 215 Å². The molecule has 0 aromatic heterocycles. The van der Waals surface area contributed by atoms with Crippen LogP contribution in [-0.2, 0) is 14.3 Å². The molecular formula is C29H46O7. The Morgan fingerprint density at radius 3 is 2.50 bits per heavy atom. The van der Waals surface area contributed by atoms with E-state index in [0.29, 0.717) is 25.7 Å². The van der Waals surface area contributed by atoms with E-state index in [0.717, 1.165) is 24.8 Å². The van der Waals surface area contributed by atoms with Crippen LogP contribution in [0.25, 0.3) is 0 Å². The summed E-state index contributed by atoms with van der Waals surface area (Å²) in [5.41, 5.74) is -2.15. The van der Waals surface area contributed by atoms with Gasteiger partial charge in [0.05, 0.1) is 23.4 Å². The summed E-state index contributed by atoms with van der Waals surface area (Å²) in [7, 11) is 0. The highest BCUT2D eigenvalue weighted by Crippen LogP contribution is 2.68. The molecule has 3 saturated carbocycles. The largest absolute Gasteiger partial charge is 0.460 e. The molecule has 7 heteroatoms. The second-order valence-electron chi connectivity index (χ2n) is 13.5. The van der Waals surface area contributed by atoms with Gasteiger partial charge in [0.15, 0.2) is 5.78 Å². The number of ketones is 1. The number of aliphatic hydroxyl groups excluding tert-OH is 2. The van der Waals surface area contributed by atoms with Crippen molar-refractivity contribution >= 4 is 11.8 Å². The molecule has 4 aliphatic rings. The number of hydrogen-bond acceptors (Lipinski definition) is 7. The van der Waals surface area contributed by atoms with Crippen LogP contribution in [0.5, 0.6) is 0 Å². The highest BCUT2D eigenvalue weighted by molar-refractivity contribution is 5.95. The fraction of sp³-hybridized carbons (Fsp3) is 0.862. The third-order valence-corrected chi connectivity index (χ3v) is 10.8. The first-order valence-electron chi connectivity index (χ1n) is 13.8. The Balaban J connectivity index is 1.62. The molecule has 0 aromatic carbocycles. The normalized spacial score (nSPS) is 44.1. The summed E-state index contributed by atoms with van der Waals surface area (Å²) in [6, 6.07) is 0. The van der Waals surface area contributed by atoms with Crippen LogP contribution in [0, 0.1) is 34.5 Å². The van der Waals surface area contributed by atoms with E-state index in [9.17, 15) is 30.0 Å². The van der Waals surface area contributed by atoms with Crippen molar-refractivity contribution in [3.8, 4) is 0 Å². The quantitative estimate of drug-likeness (QED) is 0.408. The summed E-state index contributed by atoms with van der Waals surface area (Å²) < 4.78 is 5.46. The van der Waals surface area contributed by atoms with Gasteiger partial charge in [0.1, 0.15) is 6.10 Å². The maximum Gasteiger partial charge on any atom is 0.302 e. The lowest BCUT2D eigenvalue weighted by atomic mass is 9.45. The van der Waals surface area contributed by atoms with Gasteiger partial charge in [-0.1, -0.05) is 20.8 Å². The SMILES string of the molecule is CC(=O)O[C@H]1C[C@@]2(C)[C@@H](C[C@H]1O)C(=O)C=C1[C@@H]2CC[C@]2(C)[C@@H]([C@H](C)C(O)CCC(C)(C)O)CC[C@@]12O. The number of aliphatic hydroxyl groups is 4. The van der Waals surface area contributed by atoms with Gasteiger partial charge in [-0.3, -0.25) is 9.59 Å². The van der Waals surface area contributed by atoms with Gasteiger partial charge in [0, 0.05) is 18.3 Å². The smallest absolute Gasteiger partial charge is 0.302 e. The molecule has 0 aromatic rings. The van der Waals surface area contributed by atoms with E-state index in [2.05, 4.69) is 13.8 Å². The van der Waals surface area contributed by atoms with Crippen LogP contribution >= 0.6 is 0 Å². The third kappa shape index (κ3) is 4.38. The molecule has 0 aliphatic heterocycles. The molecule has 7 nitrogen and oxygen atoms in total. The standard InChI is InChI=1S/C29H46O7/c1-16(22(31)9-10-26(3,4)34)18-8-12-29(35)20-13-23(32)21-14-24(33)25(36-17(2)30)15-27(21,5)19(20)7-11-28(18,29)6/h13,16,18-19,21-22,24-25,31,33-35H,7-12,14-15H2,1-6H3/t16-,18+,19-,21-,22?,24+,25-,27+,28+,29+/m0/s1. The van der Waals surface area contributed by atoms with E-state index in [4.69, 9.17) is 4.74 Å². The van der Waals surface area contributed by atoms with Gasteiger partial charge in [0.2, 0.25) is 0 Å². The minimum Gasteiger partial charge on any atom is -0.460 e. The molecule has 4 N–H and O–H groups in total. The van der Waals surface area contributed by atoms with E-state index in [1.807, 2.05) is 6.92 Å². The summed E-state index contributed by atoms with van der Waals surface area (Å²) in [4.78, 5) is 25.1. The van der Waals surface area contributed by atoms with E-state index in [-0.39, 0.29) is 35.9 Å². The van der Waals surface area contributed by atoms with Gasteiger partial charge < -0.3 is 25.2 Å². The van der Waals surface area contributed by atoms with Crippen molar-refractivity contribution in [2.75, 3.05) is 0 Å². The minimum absolute atomic E-state index is 0.0296. The average molecular weight is 507 g/mol. The molecule has 3 fully saturated rings. The van der Waals surface area contributed by atoms with Crippen LogP contribution in [0.15, 0.2) is 11.6 Å². The molecule has 1 unspecified atom stereocenters. The molecule has 0 bridgehead atoms. The van der Waals surface area contributed by atoms with E-state index < -0.39 is 46.3 Å². The Kier molecular flexibility index (Phi) is 7.07. The summed E-state index contributed by atoms with van der Waals surface area (Å²) in [5, 5.41) is 44.1. The van der Waals surface area contributed by atoms with Crippen molar-refractivity contribution in [3.63, 3.8) is 0 Å². The molecule has 0 spiro atoms. The topological polar surface area (TPSA) is 124 Å². The van der Waals surface area contributed by atoms with Crippen LogP contribution in [-0.4, -0.2) is 61.7 Å². The van der Waals surface area contributed by atoms with Crippen LogP contribution in [0.3, 0.4) is 0 Å². The lowest BCUT2D eigenvalue weighted by Crippen LogP contribution is -2.61. The predicted octanol–water partition coefficient (Wildman–Crippen LogP) is 3.31. The van der Waals surface area contributed by atoms with Gasteiger partial charge in [0.25, 0.3) is 0 Å². The molecule has 36 heavy (non-hydrogen) atoms. The fourth-order valence-corrected chi connectivity index (χ4v) is 8.60. The van der Waals surface area contributed by atoms with E-state index in [1.54, 1.807) is 19.9 Å². The fourth-order valence-electron chi connectivity index (χ4n) is 8.60. The van der Waals surface area contributed by atoms with Crippen LogP contribution in [0.1, 0.15) is 92.9 Å². The first-order valence-corrected chi connectivity index (χ1v) is 13.8. The minimum atomic E-state index is -1.14. The van der Waals surface area contributed by atoms with Gasteiger partial charge in [-0.25, -0.2) is 0 Å². The lowest BCUT2D eigenvalue weighted by molar-refractivity contribution is -0.173. The zero-order chi connectivity index (χ0) is 26.8. The molecule has 4 aliphatic carbocycles. The van der Waals surface area contributed by atoms with Crippen molar-refractivity contribution < 1.29 is 34.8 Å². The zero-order valence-corrected chi connectivity index (χ0v) is 22.8. The maximum atomic E-state index is 13.4. The monoisotopic (exact) mass is 506 g/mol. The summed E-state index contributed by atoms with van der Waals surface area (Å²) in [6.07, 6.45) is 4.12. The maximum absolute atomic E-state index is 13.4. The molecule has 0 heterocycles. The number of hydrogen-bond donors (Lipinski definition) is 4. The van der Waals surface area contributed by atoms with E-state index >= 15 is 0 Å². The van der Waals surface area contributed by atoms with Crippen molar-refractivity contribution in [1.29, 1.82) is 0 Å². The van der Waals surface area contributed by atoms with Crippen molar-refractivity contribution in [3.05, 3.63) is 11.6 Å². The Bertz CT molecular complexity index is 921. The third-order valence-electron chi connectivity index (χ3n) is 10.8. The van der Waals surface area contributed by atoms with Crippen molar-refractivity contribution in [2.45, 2.75) is 122 Å². The highest BCUT2D eigenvalue weighted by Gasteiger charge is 2.67. The highest BCUT2D eigenvalue weighted by atomic mass is 16.6. The van der Waals surface area contributed by atoms with Gasteiger partial charge in [-0.2, -0.15) is 0 Å². The number of esters is 1. The number of carbonyl (C=O) groups is 2. The molecule has 0 radical (unpaired) electrons. The van der Waals surface area contributed by atoms with Crippen molar-refractivity contribution in [2.24, 2.45) is 34.5 Å². The summed E-state index contributed by atoms with van der Waals surface area (Å²) in [5.74, 6) is -0.847. The summed E-state index contributed by atoms with van der Waals surface area (Å²) in [6.45, 7) is 11.1. The van der Waals surface area contributed by atoms with Crippen LogP contribution < -0.4 is 0 Å². The number of allylic oxidation sites excluding steroid dienone is 1. The Hall–Kier alpha value is -1.28.